The van der Waals surface area contributed by atoms with Gasteiger partial charge in [-0.2, -0.15) is 0 Å². The van der Waals surface area contributed by atoms with Gasteiger partial charge in [0.1, 0.15) is 5.82 Å². The van der Waals surface area contributed by atoms with E-state index >= 15 is 0 Å². The Morgan fingerprint density at radius 3 is 2.68 bits per heavy atom. The third-order valence-electron chi connectivity index (χ3n) is 4.91. The lowest BCUT2D eigenvalue weighted by Gasteiger charge is -2.31. The van der Waals surface area contributed by atoms with Crippen molar-refractivity contribution in [3.63, 3.8) is 0 Å². The van der Waals surface area contributed by atoms with Crippen molar-refractivity contribution in [2.75, 3.05) is 42.3 Å². The van der Waals surface area contributed by atoms with Crippen LogP contribution in [0, 0.1) is 0 Å². The molecule has 132 valence electrons. The maximum Gasteiger partial charge on any atom is 0.155 e. The van der Waals surface area contributed by atoms with E-state index in [-0.39, 0.29) is 5.75 Å². The smallest absolute Gasteiger partial charge is 0.155 e. The minimum atomic E-state index is -1.91. The van der Waals surface area contributed by atoms with E-state index in [1.807, 2.05) is 12.1 Å². The number of hydrogen-bond acceptors (Lipinski definition) is 5. The fourth-order valence-electron chi connectivity index (χ4n) is 3.66. The molecule has 1 aromatic heterocycles. The molecule has 1 fully saturated rings. The van der Waals surface area contributed by atoms with Gasteiger partial charge in [0.2, 0.25) is 0 Å². The minimum absolute atomic E-state index is 0.125. The molecule has 1 saturated heterocycles. The van der Waals surface area contributed by atoms with E-state index in [2.05, 4.69) is 39.5 Å². The monoisotopic (exact) mass is 359 g/mol. The Balaban J connectivity index is 1.63. The molecule has 2 aromatic rings. The minimum Gasteiger partial charge on any atom is -0.378 e. The summed E-state index contributed by atoms with van der Waals surface area (Å²) < 4.78 is 26.6. The predicted octanol–water partition coefficient (Wildman–Crippen LogP) is 2.00. The van der Waals surface area contributed by atoms with E-state index < -0.39 is 16.6 Å². The van der Waals surface area contributed by atoms with Crippen molar-refractivity contribution in [2.45, 2.75) is 12.0 Å². The number of morpholine rings is 1. The molecule has 25 heavy (non-hydrogen) atoms. The van der Waals surface area contributed by atoms with Crippen LogP contribution in [0.25, 0.3) is 0 Å². The quantitative estimate of drug-likeness (QED) is 0.814. The Hall–Kier alpha value is -1.96. The fourth-order valence-corrected chi connectivity index (χ4v) is 4.42. The zero-order chi connectivity index (χ0) is 17.3. The lowest BCUT2D eigenvalue weighted by Crippen LogP contribution is -2.39. The molecule has 2 N–H and O–H groups in total. The second-order valence-electron chi connectivity index (χ2n) is 6.51. The van der Waals surface area contributed by atoms with Crippen LogP contribution in [0.2, 0.25) is 0 Å². The molecule has 4 rings (SSSR count). The topological polar surface area (TPSA) is 74.7 Å². The average Bonchev–Trinajstić information content (AvgIpc) is 3.01. The number of anilines is 2. The Bertz CT molecular complexity index is 750. The zero-order valence-corrected chi connectivity index (χ0v) is 14.7. The molecule has 6 nitrogen and oxygen atoms in total. The van der Waals surface area contributed by atoms with Crippen molar-refractivity contribution < 1.29 is 13.5 Å². The summed E-state index contributed by atoms with van der Waals surface area (Å²) in [4.78, 5) is 6.66. The Morgan fingerprint density at radius 2 is 2.00 bits per heavy atom. The summed E-state index contributed by atoms with van der Waals surface area (Å²) in [5.74, 6) is 0.922. The Kier molecular flexibility index (Phi) is 4.45. The van der Waals surface area contributed by atoms with Gasteiger partial charge in [-0.3, -0.25) is 0 Å². The lowest BCUT2D eigenvalue weighted by atomic mass is 9.88. The summed E-state index contributed by atoms with van der Waals surface area (Å²) in [6.07, 6.45) is 2.39. The number of benzene rings is 1. The van der Waals surface area contributed by atoms with Gasteiger partial charge in [0.05, 0.1) is 24.5 Å². The SMILES string of the molecule is O=S(O)CC1(c2ccc(N3CCOCC3)cc2)Cc2cccnc2N1. The number of aromatic nitrogens is 1. The van der Waals surface area contributed by atoms with E-state index in [1.54, 1.807) is 6.20 Å². The first-order chi connectivity index (χ1) is 12.2. The van der Waals surface area contributed by atoms with Crippen molar-refractivity contribution in [1.29, 1.82) is 0 Å². The highest BCUT2D eigenvalue weighted by Gasteiger charge is 2.40. The van der Waals surface area contributed by atoms with E-state index in [9.17, 15) is 8.76 Å². The standard InChI is InChI=1S/C18H21N3O3S/c22-25(23)13-18(12-14-2-1-7-19-17(14)20-18)15-3-5-16(6-4-15)21-8-10-24-11-9-21/h1-7H,8-13H2,(H,19,20)(H,22,23). The number of nitrogens with one attached hydrogen (secondary N) is 1. The highest BCUT2D eigenvalue weighted by atomic mass is 32.2. The number of nitrogens with zero attached hydrogens (tertiary/aromatic N) is 2. The van der Waals surface area contributed by atoms with E-state index in [0.717, 1.165) is 48.9 Å². The van der Waals surface area contributed by atoms with E-state index in [4.69, 9.17) is 4.74 Å². The highest BCUT2D eigenvalue weighted by molar-refractivity contribution is 7.79. The molecule has 0 amide bonds. The molecule has 7 heteroatoms. The van der Waals surface area contributed by atoms with Crippen LogP contribution in [0.3, 0.4) is 0 Å². The van der Waals surface area contributed by atoms with Gasteiger partial charge in [-0.15, -0.1) is 0 Å². The molecule has 0 radical (unpaired) electrons. The van der Waals surface area contributed by atoms with Crippen LogP contribution < -0.4 is 10.2 Å². The van der Waals surface area contributed by atoms with Gasteiger partial charge >= 0.3 is 0 Å². The molecule has 0 saturated carbocycles. The molecule has 0 bridgehead atoms. The molecule has 3 heterocycles. The predicted molar refractivity (Wildman–Crippen MR) is 98.4 cm³/mol. The number of ether oxygens (including phenoxy) is 1. The summed E-state index contributed by atoms with van der Waals surface area (Å²) in [5, 5.41) is 3.40. The van der Waals surface area contributed by atoms with Gasteiger partial charge < -0.3 is 19.5 Å². The van der Waals surface area contributed by atoms with E-state index in [0.29, 0.717) is 6.42 Å². The third-order valence-corrected chi connectivity index (χ3v) is 5.65. The third kappa shape index (κ3) is 3.27. The molecule has 2 unspecified atom stereocenters. The number of fused-ring (bicyclic) bond motifs is 1. The van der Waals surface area contributed by atoms with Crippen molar-refractivity contribution in [3.8, 4) is 0 Å². The van der Waals surface area contributed by atoms with Crippen LogP contribution in [0.1, 0.15) is 11.1 Å². The second kappa shape index (κ2) is 6.74. The van der Waals surface area contributed by atoms with Crippen LogP contribution in [-0.2, 0) is 27.8 Å². The molecule has 0 spiro atoms. The van der Waals surface area contributed by atoms with Gasteiger partial charge in [-0.05, 0) is 29.3 Å². The fraction of sp³-hybridized carbons (Fsp3) is 0.389. The zero-order valence-electron chi connectivity index (χ0n) is 13.9. The first-order valence-electron chi connectivity index (χ1n) is 8.39. The summed E-state index contributed by atoms with van der Waals surface area (Å²) in [7, 11) is 0. The molecule has 2 aliphatic rings. The van der Waals surface area contributed by atoms with Crippen LogP contribution in [0.15, 0.2) is 42.6 Å². The largest absolute Gasteiger partial charge is 0.378 e. The van der Waals surface area contributed by atoms with Crippen molar-refractivity contribution in [2.24, 2.45) is 0 Å². The summed E-state index contributed by atoms with van der Waals surface area (Å²) in [6.45, 7) is 3.27. The molecule has 2 atom stereocenters. The molecular weight excluding hydrogens is 338 g/mol. The van der Waals surface area contributed by atoms with E-state index in [1.165, 1.54) is 0 Å². The van der Waals surface area contributed by atoms with Gasteiger partial charge in [0.15, 0.2) is 11.1 Å². The number of pyridine rings is 1. The first kappa shape index (κ1) is 16.5. The number of rotatable bonds is 4. The van der Waals surface area contributed by atoms with Gasteiger partial charge in [0, 0.05) is 31.4 Å². The lowest BCUT2D eigenvalue weighted by molar-refractivity contribution is 0.122. The van der Waals surface area contributed by atoms with Crippen LogP contribution in [-0.4, -0.2) is 45.8 Å². The average molecular weight is 359 g/mol. The normalized spacial score (nSPS) is 23.8. The summed E-state index contributed by atoms with van der Waals surface area (Å²) in [6, 6.07) is 12.2. The van der Waals surface area contributed by atoms with Crippen LogP contribution >= 0.6 is 0 Å². The van der Waals surface area contributed by atoms with Crippen molar-refractivity contribution in [1.82, 2.24) is 4.98 Å². The van der Waals surface area contributed by atoms with Crippen LogP contribution in [0.4, 0.5) is 11.5 Å². The first-order valence-corrected chi connectivity index (χ1v) is 9.67. The maximum absolute atomic E-state index is 11.6. The Morgan fingerprint density at radius 1 is 1.24 bits per heavy atom. The summed E-state index contributed by atoms with van der Waals surface area (Å²) in [5.41, 5.74) is 2.64. The Labute approximate surface area is 149 Å². The van der Waals surface area contributed by atoms with Gasteiger partial charge in [-0.1, -0.05) is 18.2 Å². The highest BCUT2D eigenvalue weighted by Crippen LogP contribution is 2.39. The van der Waals surface area contributed by atoms with Gasteiger partial charge in [-0.25, -0.2) is 9.19 Å². The van der Waals surface area contributed by atoms with Gasteiger partial charge in [0.25, 0.3) is 0 Å². The van der Waals surface area contributed by atoms with Crippen molar-refractivity contribution in [3.05, 3.63) is 53.7 Å². The van der Waals surface area contributed by atoms with Crippen LogP contribution in [0.5, 0.6) is 0 Å². The maximum atomic E-state index is 11.6. The summed E-state index contributed by atoms with van der Waals surface area (Å²) >= 11 is -1.91. The molecule has 2 aliphatic heterocycles. The molecule has 1 aromatic carbocycles. The van der Waals surface area contributed by atoms with Crippen molar-refractivity contribution >= 4 is 22.6 Å². The second-order valence-corrected chi connectivity index (χ2v) is 7.44. The molecule has 0 aliphatic carbocycles. The molecular formula is C18H21N3O3S. The number of hydrogen-bond donors (Lipinski definition) is 2.